The van der Waals surface area contributed by atoms with E-state index >= 15 is 0 Å². The van der Waals surface area contributed by atoms with Crippen LogP contribution in [0.4, 0.5) is 0 Å². The van der Waals surface area contributed by atoms with Crippen molar-refractivity contribution in [1.29, 1.82) is 0 Å². The second-order valence-corrected chi connectivity index (χ2v) is 12.8. The first-order valence-electron chi connectivity index (χ1n) is 4.96. The Kier molecular flexibility index (Phi) is 20.0. The summed E-state index contributed by atoms with van der Waals surface area (Å²) in [6, 6.07) is 0. The van der Waals surface area contributed by atoms with Crippen LogP contribution in [0.1, 0.15) is 34.6 Å². The van der Waals surface area contributed by atoms with Gasteiger partial charge in [0.1, 0.15) is 0 Å². The quantitative estimate of drug-likeness (QED) is 0.187. The van der Waals surface area contributed by atoms with Gasteiger partial charge in [0.25, 0.3) is 0 Å². The molecular weight excluding hydrogens is 393 g/mol. The Labute approximate surface area is 137 Å². The third kappa shape index (κ3) is 8.71. The third-order valence-corrected chi connectivity index (χ3v) is 15.8. The van der Waals surface area contributed by atoms with Crippen LogP contribution in [0.15, 0.2) is 22.3 Å². The van der Waals surface area contributed by atoms with E-state index in [2.05, 4.69) is 47.9 Å². The maximum atomic E-state index is 7.50. The van der Waals surface area contributed by atoms with Gasteiger partial charge < -0.3 is 0 Å². The number of allylic oxidation sites excluding steroid dienone is 4. The van der Waals surface area contributed by atoms with Gasteiger partial charge in [-0.25, -0.2) is 0 Å². The minimum absolute atomic E-state index is 0. The molecule has 1 aliphatic carbocycles. The molecule has 0 saturated heterocycles. The van der Waals surface area contributed by atoms with Crippen LogP contribution in [0.5, 0.6) is 0 Å². The fourth-order valence-corrected chi connectivity index (χ4v) is 4.65. The van der Waals surface area contributed by atoms with Crippen molar-refractivity contribution in [2.75, 3.05) is 0 Å². The van der Waals surface area contributed by atoms with Gasteiger partial charge in [-0.15, -0.1) is 0 Å². The molecule has 0 aromatic carbocycles. The molecule has 0 bridgehead atoms. The SMILES string of the molecule is C[C]1C(C)=C(C)C(C)=C1C.P1=PP=P1.[C-]#[O+].[C-]#[O+].[Nb]. The van der Waals surface area contributed by atoms with Crippen molar-refractivity contribution in [2.45, 2.75) is 34.6 Å². The van der Waals surface area contributed by atoms with E-state index in [1.165, 1.54) is 28.2 Å². The predicted molar refractivity (Wildman–Crippen MR) is 81.2 cm³/mol. The van der Waals surface area contributed by atoms with Gasteiger partial charge in [-0.2, -0.15) is 0 Å². The summed E-state index contributed by atoms with van der Waals surface area (Å²) in [6.07, 6.45) is 0. The third-order valence-electron chi connectivity index (χ3n) is 2.97. The van der Waals surface area contributed by atoms with Crippen molar-refractivity contribution >= 4 is 30.2 Å². The predicted octanol–water partition coefficient (Wildman–Crippen LogP) is 6.63. The Morgan fingerprint density at radius 2 is 0.789 bits per heavy atom. The van der Waals surface area contributed by atoms with Gasteiger partial charge in [-0.3, -0.25) is 0 Å². The van der Waals surface area contributed by atoms with Crippen LogP contribution < -0.4 is 0 Å². The van der Waals surface area contributed by atoms with Crippen LogP contribution in [0.3, 0.4) is 0 Å². The largest absolute Gasteiger partial charge is 0 e. The summed E-state index contributed by atoms with van der Waals surface area (Å²) in [5.74, 6) is 1.47. The van der Waals surface area contributed by atoms with Gasteiger partial charge in [0, 0.05) is 58.5 Å². The summed E-state index contributed by atoms with van der Waals surface area (Å²) in [4.78, 5) is 0. The van der Waals surface area contributed by atoms with E-state index in [1.807, 2.05) is 0 Å². The maximum Gasteiger partial charge on any atom is 0 e. The molecule has 0 fully saturated rings. The zero-order valence-corrected chi connectivity index (χ0v) is 17.3. The van der Waals surface area contributed by atoms with E-state index in [-0.39, 0.29) is 22.4 Å². The number of rotatable bonds is 0. The maximum absolute atomic E-state index is 7.50. The Hall–Kier alpha value is 0.900. The second kappa shape index (κ2) is 15.3. The summed E-state index contributed by atoms with van der Waals surface area (Å²) in [6.45, 7) is 20.0. The smallest absolute Gasteiger partial charge is 0 e. The summed E-state index contributed by atoms with van der Waals surface area (Å²) < 4.78 is 15.0. The van der Waals surface area contributed by atoms with Gasteiger partial charge in [0.2, 0.25) is 0 Å². The molecule has 0 amide bonds. The van der Waals surface area contributed by atoms with Crippen molar-refractivity contribution in [3.05, 3.63) is 41.5 Å². The van der Waals surface area contributed by atoms with Crippen molar-refractivity contribution in [3.8, 4) is 0 Å². The topological polar surface area (TPSA) is 39.8 Å². The van der Waals surface area contributed by atoms with Gasteiger partial charge in [-0.1, -0.05) is 18.1 Å². The van der Waals surface area contributed by atoms with E-state index < -0.39 is 0 Å². The van der Waals surface area contributed by atoms with Crippen molar-refractivity contribution < 1.29 is 31.7 Å². The molecule has 0 aromatic heterocycles. The van der Waals surface area contributed by atoms with E-state index in [4.69, 9.17) is 9.30 Å². The molecule has 1 aliphatic heterocycles. The Bertz CT molecular complexity index is 386. The average molecular weight is 408 g/mol. The minimum Gasteiger partial charge on any atom is 0 e. The first kappa shape index (κ1) is 24.9. The van der Waals surface area contributed by atoms with Crippen LogP contribution >= 0.6 is 30.2 Å². The van der Waals surface area contributed by atoms with E-state index in [9.17, 15) is 0 Å². The number of hydrogen-bond donors (Lipinski definition) is 0. The van der Waals surface area contributed by atoms with Gasteiger partial charge in [0.05, 0.1) is 0 Å². The van der Waals surface area contributed by atoms with Crippen LogP contribution in [0.2, 0.25) is 0 Å². The zero-order chi connectivity index (χ0) is 14.7. The molecule has 2 radical (unpaired) electrons. The minimum atomic E-state index is 0. The first-order chi connectivity index (χ1) is 8.55. The normalized spacial score (nSPS) is 18.2. The average Bonchev–Trinajstić information content (AvgIpc) is 2.51. The molecule has 0 atom stereocenters. The summed E-state index contributed by atoms with van der Waals surface area (Å²) in [7, 11) is 6.44. The second-order valence-electron chi connectivity index (χ2n) is 3.48. The Morgan fingerprint density at radius 1 is 0.579 bits per heavy atom. The van der Waals surface area contributed by atoms with Gasteiger partial charge in [-0.05, 0) is 38.8 Å². The molecule has 0 N–H and O–H groups in total. The van der Waals surface area contributed by atoms with Gasteiger partial charge in [0.15, 0.2) is 0 Å². The number of hydrogen-bond acceptors (Lipinski definition) is 0. The molecule has 7 heteroatoms. The fourth-order valence-electron chi connectivity index (χ4n) is 1.45. The zero-order valence-electron chi connectivity index (χ0n) is 11.6. The standard InChI is InChI=1S/C10H15.2CO.Nb.P4/c1-6-7(2)9(4)10(5)8(6)3;2*1-2;;1-2-4-3-1/h1-5H3;;;;. The van der Waals surface area contributed by atoms with E-state index in [0.29, 0.717) is 0 Å². The Balaban J connectivity index is -0.000000239. The van der Waals surface area contributed by atoms with Crippen molar-refractivity contribution in [1.82, 2.24) is 0 Å². The van der Waals surface area contributed by atoms with Crippen molar-refractivity contribution in [2.24, 2.45) is 0 Å². The van der Waals surface area contributed by atoms with E-state index in [0.717, 1.165) is 0 Å². The molecule has 0 aromatic rings. The molecule has 19 heavy (non-hydrogen) atoms. The molecular formula is C12H15NbO2P4. The fraction of sp³-hybridized carbons (Fsp3) is 0.417. The van der Waals surface area contributed by atoms with Crippen LogP contribution in [0, 0.1) is 19.2 Å². The summed E-state index contributed by atoms with van der Waals surface area (Å²) in [5.41, 5.74) is 5.87. The Morgan fingerprint density at radius 3 is 0.842 bits per heavy atom. The molecule has 1 heterocycles. The van der Waals surface area contributed by atoms with Crippen LogP contribution in [0.25, 0.3) is 0 Å². The van der Waals surface area contributed by atoms with Gasteiger partial charge >= 0.3 is 22.6 Å². The van der Waals surface area contributed by atoms with E-state index in [1.54, 1.807) is 30.2 Å². The first-order valence-corrected chi connectivity index (χ1v) is 11.4. The summed E-state index contributed by atoms with van der Waals surface area (Å²) in [5, 5.41) is 0. The molecule has 2 rings (SSSR count). The molecule has 0 unspecified atom stereocenters. The molecule has 2 nitrogen and oxygen atoms in total. The molecule has 0 spiro atoms. The molecule has 0 saturated carbocycles. The van der Waals surface area contributed by atoms with Crippen LogP contribution in [-0.2, 0) is 31.7 Å². The monoisotopic (exact) mass is 408 g/mol. The van der Waals surface area contributed by atoms with Crippen molar-refractivity contribution in [3.63, 3.8) is 0 Å². The van der Waals surface area contributed by atoms with Crippen LogP contribution in [-0.4, -0.2) is 0 Å². The molecule has 2 aliphatic rings. The summed E-state index contributed by atoms with van der Waals surface area (Å²) >= 11 is 0. The molecule has 100 valence electrons.